The Balaban J connectivity index is 0.960. The monoisotopic (exact) mass is 901 g/mol. The van der Waals surface area contributed by atoms with Gasteiger partial charge >= 0.3 is 5.51 Å². The molecule has 1 amide bonds. The van der Waals surface area contributed by atoms with Gasteiger partial charge in [0.05, 0.1) is 17.9 Å². The SMILES string of the molecule is O=C(NSc1ccc(NCCCN2CCNCC2)c(SC(F)(F)F)c1)c1ccc(N2CCC(C(O)c3ccccc3-c3ccc(Cl)cc3)CC2)cc1Oc1cnc2[nH]ccc2c1. The number of rotatable bonds is 15. The summed E-state index contributed by atoms with van der Waals surface area (Å²) in [5.41, 5.74) is 0.530. The summed E-state index contributed by atoms with van der Waals surface area (Å²) in [7, 11) is 0. The average Bonchev–Trinajstić information content (AvgIpc) is 3.76. The minimum Gasteiger partial charge on any atom is -0.455 e. The van der Waals surface area contributed by atoms with Crippen LogP contribution in [-0.4, -0.2) is 83.7 Å². The van der Waals surface area contributed by atoms with Gasteiger partial charge in [-0.2, -0.15) is 13.2 Å². The Bertz CT molecular complexity index is 2460. The minimum atomic E-state index is -4.49. The number of carbonyl (C=O) groups excluding carboxylic acids is 1. The van der Waals surface area contributed by atoms with E-state index in [2.05, 4.69) is 35.1 Å². The van der Waals surface area contributed by atoms with E-state index < -0.39 is 17.5 Å². The Labute approximate surface area is 372 Å². The summed E-state index contributed by atoms with van der Waals surface area (Å²) in [6, 6.07) is 29.4. The van der Waals surface area contributed by atoms with Gasteiger partial charge in [0.25, 0.3) is 5.91 Å². The molecule has 2 fully saturated rings. The fourth-order valence-electron chi connectivity index (χ4n) is 8.00. The number of aliphatic hydroxyl groups excluding tert-OH is 1. The molecular formula is C46H47ClF3N7O3S2. The van der Waals surface area contributed by atoms with Crippen molar-refractivity contribution in [2.24, 2.45) is 5.92 Å². The zero-order valence-electron chi connectivity index (χ0n) is 33.8. The Kier molecular flexibility index (Phi) is 14.2. The van der Waals surface area contributed by atoms with Gasteiger partial charge in [0.2, 0.25) is 0 Å². The van der Waals surface area contributed by atoms with E-state index in [0.29, 0.717) is 52.4 Å². The number of thioether (sulfide) groups is 1. The van der Waals surface area contributed by atoms with Crippen LogP contribution in [0.1, 0.15) is 41.3 Å². The Morgan fingerprint density at radius 3 is 2.55 bits per heavy atom. The van der Waals surface area contributed by atoms with Gasteiger partial charge in [0.1, 0.15) is 17.1 Å². The maximum atomic E-state index is 13.9. The molecule has 2 saturated heterocycles. The molecule has 62 heavy (non-hydrogen) atoms. The number of H-pyrrole nitrogens is 1. The molecule has 5 N–H and O–H groups in total. The predicted molar refractivity (Wildman–Crippen MR) is 243 cm³/mol. The van der Waals surface area contributed by atoms with E-state index in [4.69, 9.17) is 16.3 Å². The molecule has 10 nitrogen and oxygen atoms in total. The summed E-state index contributed by atoms with van der Waals surface area (Å²) in [4.78, 5) is 26.4. The van der Waals surface area contributed by atoms with Crippen molar-refractivity contribution < 1.29 is 27.8 Å². The Hall–Kier alpha value is -4.90. The van der Waals surface area contributed by atoms with E-state index in [1.54, 1.807) is 30.6 Å². The van der Waals surface area contributed by atoms with E-state index in [0.717, 1.165) is 91.7 Å². The van der Waals surface area contributed by atoms with Gasteiger partial charge in [-0.3, -0.25) is 9.52 Å². The zero-order valence-corrected chi connectivity index (χ0v) is 36.1. The number of nitrogens with one attached hydrogen (secondary N) is 4. The number of hydrogen-bond donors (Lipinski definition) is 5. The quantitative estimate of drug-likeness (QED) is 0.0387. The number of fused-ring (bicyclic) bond motifs is 1. The van der Waals surface area contributed by atoms with E-state index >= 15 is 0 Å². The van der Waals surface area contributed by atoms with Crippen LogP contribution in [0.3, 0.4) is 0 Å². The fourth-order valence-corrected chi connectivity index (χ4v) is 9.52. The highest BCUT2D eigenvalue weighted by Gasteiger charge is 2.31. The Morgan fingerprint density at radius 1 is 0.968 bits per heavy atom. The number of aromatic amines is 1. The molecule has 324 valence electrons. The molecule has 16 heteroatoms. The number of piperidine rings is 1. The molecule has 0 radical (unpaired) electrons. The van der Waals surface area contributed by atoms with Crippen molar-refractivity contribution in [1.29, 1.82) is 0 Å². The second kappa shape index (κ2) is 20.1. The van der Waals surface area contributed by atoms with Crippen molar-refractivity contribution in [2.45, 2.75) is 40.7 Å². The van der Waals surface area contributed by atoms with Crippen LogP contribution in [0.25, 0.3) is 22.2 Å². The largest absolute Gasteiger partial charge is 0.455 e. The summed E-state index contributed by atoms with van der Waals surface area (Å²) in [6.07, 6.45) is 4.97. The van der Waals surface area contributed by atoms with Crippen LogP contribution in [0, 0.1) is 5.92 Å². The average molecular weight is 903 g/mol. The highest BCUT2D eigenvalue weighted by Crippen LogP contribution is 2.43. The van der Waals surface area contributed by atoms with E-state index in [1.165, 1.54) is 6.07 Å². The predicted octanol–water partition coefficient (Wildman–Crippen LogP) is 10.4. The first kappa shape index (κ1) is 43.7. The highest BCUT2D eigenvalue weighted by atomic mass is 35.5. The molecule has 2 aliphatic heterocycles. The van der Waals surface area contributed by atoms with Gasteiger partial charge in [0, 0.05) is 89.7 Å². The molecule has 4 aromatic carbocycles. The molecule has 2 aliphatic rings. The normalized spacial score (nSPS) is 15.7. The first-order valence-electron chi connectivity index (χ1n) is 20.6. The van der Waals surface area contributed by atoms with Gasteiger partial charge in [-0.05, 0) is 127 Å². The third-order valence-electron chi connectivity index (χ3n) is 11.2. The van der Waals surface area contributed by atoms with Crippen LogP contribution in [0.2, 0.25) is 5.02 Å². The molecule has 0 aliphatic carbocycles. The van der Waals surface area contributed by atoms with E-state index in [-0.39, 0.29) is 28.1 Å². The number of halogens is 4. The maximum absolute atomic E-state index is 13.9. The molecule has 8 rings (SSSR count). The van der Waals surface area contributed by atoms with Crippen molar-refractivity contribution in [3.8, 4) is 22.6 Å². The molecule has 0 spiro atoms. The summed E-state index contributed by atoms with van der Waals surface area (Å²) in [6.45, 7) is 6.52. The van der Waals surface area contributed by atoms with Gasteiger partial charge in [-0.15, -0.1) is 0 Å². The summed E-state index contributed by atoms with van der Waals surface area (Å²) in [5.74, 6) is 0.277. The first-order valence-corrected chi connectivity index (χ1v) is 22.6. The molecule has 2 aromatic heterocycles. The molecule has 1 unspecified atom stereocenters. The number of nitrogens with zero attached hydrogens (tertiary/aromatic N) is 3. The van der Waals surface area contributed by atoms with Gasteiger partial charge < -0.3 is 35.3 Å². The van der Waals surface area contributed by atoms with Crippen LogP contribution in [-0.2, 0) is 0 Å². The van der Waals surface area contributed by atoms with Gasteiger partial charge in [0.15, 0.2) is 0 Å². The number of aliphatic hydroxyl groups is 1. The second-order valence-electron chi connectivity index (χ2n) is 15.3. The maximum Gasteiger partial charge on any atom is 0.446 e. The third-order valence-corrected chi connectivity index (χ3v) is 13.0. The number of pyridine rings is 1. The summed E-state index contributed by atoms with van der Waals surface area (Å²) >= 11 is 6.91. The van der Waals surface area contributed by atoms with Crippen molar-refractivity contribution in [3.63, 3.8) is 0 Å². The lowest BCUT2D eigenvalue weighted by Crippen LogP contribution is -2.44. The van der Waals surface area contributed by atoms with Gasteiger partial charge in [-0.25, -0.2) is 4.98 Å². The van der Waals surface area contributed by atoms with Crippen LogP contribution in [0.5, 0.6) is 11.5 Å². The van der Waals surface area contributed by atoms with Crippen LogP contribution < -0.4 is 25.0 Å². The number of hydrogen-bond acceptors (Lipinski definition) is 10. The molecule has 0 saturated carbocycles. The van der Waals surface area contributed by atoms with Crippen molar-refractivity contribution in [2.75, 3.05) is 62.6 Å². The number of anilines is 2. The topological polar surface area (TPSA) is 118 Å². The van der Waals surface area contributed by atoms with Gasteiger partial charge in [-0.1, -0.05) is 48.0 Å². The Morgan fingerprint density at radius 2 is 1.76 bits per heavy atom. The van der Waals surface area contributed by atoms with Crippen LogP contribution in [0.4, 0.5) is 24.5 Å². The smallest absolute Gasteiger partial charge is 0.446 e. The third kappa shape index (κ3) is 11.2. The molecule has 0 bridgehead atoms. The first-order chi connectivity index (χ1) is 30.1. The fraction of sp³-hybridized carbons (Fsp3) is 0.304. The molecule has 6 aromatic rings. The van der Waals surface area contributed by atoms with Crippen LogP contribution in [0.15, 0.2) is 119 Å². The van der Waals surface area contributed by atoms with Crippen molar-refractivity contribution in [3.05, 3.63) is 126 Å². The lowest BCUT2D eigenvalue weighted by atomic mass is 9.84. The van der Waals surface area contributed by atoms with Crippen LogP contribution >= 0.6 is 35.3 Å². The second-order valence-corrected chi connectivity index (χ2v) is 17.8. The highest BCUT2D eigenvalue weighted by molar-refractivity contribution is 8.00. The summed E-state index contributed by atoms with van der Waals surface area (Å²) < 4.78 is 50.3. The molecule has 4 heterocycles. The molecule has 1 atom stereocenters. The zero-order chi connectivity index (χ0) is 43.1. The minimum absolute atomic E-state index is 0.0268. The number of ether oxygens (including phenoxy) is 1. The van der Waals surface area contributed by atoms with Crippen molar-refractivity contribution in [1.82, 2.24) is 24.9 Å². The number of amides is 1. The van der Waals surface area contributed by atoms with E-state index in [9.17, 15) is 23.1 Å². The summed E-state index contributed by atoms with van der Waals surface area (Å²) in [5, 5.41) is 19.7. The molecular weight excluding hydrogens is 855 g/mol. The van der Waals surface area contributed by atoms with E-state index in [1.807, 2.05) is 72.8 Å². The number of piperazine rings is 1. The number of benzene rings is 4. The number of alkyl halides is 3. The standard InChI is InChI=1S/C46H47ClF3N7O3S2/c47-33-8-6-30(7-9-33)37-4-1-2-5-38(37)43(58)31-15-22-57(23-16-31)34-10-12-39(41(27-34)60-35-26-32-14-18-53-44(32)54-29-35)45(59)55-62-36-11-13-40(42(28-36)61-46(48,49)50)52-17-3-21-56-24-19-51-20-25-56/h1-2,4-14,18,26-29,31,43,51-52,58H,3,15-17,19-25H2,(H,53,54)(H,55,59). The lowest BCUT2D eigenvalue weighted by molar-refractivity contribution is -0.0328. The number of carbonyl (C=O) groups is 1. The lowest BCUT2D eigenvalue weighted by Gasteiger charge is -2.36. The number of aromatic nitrogens is 2. The van der Waals surface area contributed by atoms with Crippen molar-refractivity contribution >= 4 is 63.6 Å².